The van der Waals surface area contributed by atoms with Crippen LogP contribution in [0.1, 0.15) is 38.2 Å². The molecule has 8 heteroatoms. The molecule has 1 N–H and O–H groups in total. The van der Waals surface area contributed by atoms with Crippen LogP contribution in [0.4, 0.5) is 0 Å². The Hall–Kier alpha value is -2.44. The number of amides is 2. The predicted octanol–water partition coefficient (Wildman–Crippen LogP) is 4.86. The molecule has 0 spiro atoms. The van der Waals surface area contributed by atoms with Gasteiger partial charge in [-0.1, -0.05) is 48.2 Å². The molecular formula is C24H28Cl2N2O4. The summed E-state index contributed by atoms with van der Waals surface area (Å²) in [6.45, 7) is 1.72. The third kappa shape index (κ3) is 6.53. The number of ether oxygens (including phenoxy) is 2. The van der Waals surface area contributed by atoms with Gasteiger partial charge in [0.2, 0.25) is 5.91 Å². The Morgan fingerprint density at radius 1 is 1.16 bits per heavy atom. The lowest BCUT2D eigenvalue weighted by molar-refractivity contribution is -0.142. The molecule has 0 radical (unpaired) electrons. The summed E-state index contributed by atoms with van der Waals surface area (Å²) in [5.74, 6) is 0.543. The summed E-state index contributed by atoms with van der Waals surface area (Å²) in [4.78, 5) is 27.6. The zero-order chi connectivity index (χ0) is 23.1. The molecule has 0 aromatic heterocycles. The minimum absolute atomic E-state index is 0.169. The van der Waals surface area contributed by atoms with Crippen LogP contribution in [0.15, 0.2) is 42.5 Å². The van der Waals surface area contributed by atoms with Crippen molar-refractivity contribution in [1.82, 2.24) is 10.2 Å². The number of halogens is 2. The van der Waals surface area contributed by atoms with Gasteiger partial charge in [0.25, 0.3) is 5.91 Å². The number of carbonyl (C=O) groups excluding carboxylic acids is 2. The van der Waals surface area contributed by atoms with E-state index >= 15 is 0 Å². The van der Waals surface area contributed by atoms with E-state index in [2.05, 4.69) is 5.32 Å². The summed E-state index contributed by atoms with van der Waals surface area (Å²) in [6.07, 6.45) is 4.17. The van der Waals surface area contributed by atoms with Gasteiger partial charge < -0.3 is 19.7 Å². The number of carbonyl (C=O) groups is 2. The average molecular weight is 479 g/mol. The molecule has 0 heterocycles. The van der Waals surface area contributed by atoms with Gasteiger partial charge in [-0.15, -0.1) is 0 Å². The van der Waals surface area contributed by atoms with E-state index in [4.69, 9.17) is 32.7 Å². The SMILES string of the molecule is COc1cccc(CN(C(=O)COc2ccc(Cl)cc2Cl)[C@H](C)C(=O)NC2CCCC2)c1. The average Bonchev–Trinajstić information content (AvgIpc) is 3.29. The Morgan fingerprint density at radius 2 is 1.91 bits per heavy atom. The van der Waals surface area contributed by atoms with Gasteiger partial charge in [0.1, 0.15) is 17.5 Å². The molecule has 3 rings (SSSR count). The molecule has 0 unspecified atom stereocenters. The normalized spacial score (nSPS) is 14.6. The highest BCUT2D eigenvalue weighted by atomic mass is 35.5. The summed E-state index contributed by atoms with van der Waals surface area (Å²) < 4.78 is 10.9. The molecule has 1 atom stereocenters. The van der Waals surface area contributed by atoms with Gasteiger partial charge in [0.05, 0.1) is 12.1 Å². The number of nitrogens with zero attached hydrogens (tertiary/aromatic N) is 1. The van der Waals surface area contributed by atoms with Crippen LogP contribution in [0.2, 0.25) is 10.0 Å². The number of hydrogen-bond donors (Lipinski definition) is 1. The number of methoxy groups -OCH3 is 1. The van der Waals surface area contributed by atoms with Crippen LogP contribution in [0.25, 0.3) is 0 Å². The molecule has 2 aromatic rings. The largest absolute Gasteiger partial charge is 0.497 e. The van der Waals surface area contributed by atoms with Gasteiger partial charge in [-0.25, -0.2) is 0 Å². The topological polar surface area (TPSA) is 67.9 Å². The van der Waals surface area contributed by atoms with Crippen molar-refractivity contribution in [2.45, 2.75) is 51.2 Å². The van der Waals surface area contributed by atoms with Crippen LogP contribution >= 0.6 is 23.2 Å². The number of hydrogen-bond acceptors (Lipinski definition) is 4. The molecule has 1 saturated carbocycles. The highest BCUT2D eigenvalue weighted by Crippen LogP contribution is 2.27. The van der Waals surface area contributed by atoms with Gasteiger partial charge in [-0.2, -0.15) is 0 Å². The fourth-order valence-corrected chi connectivity index (χ4v) is 4.22. The number of benzene rings is 2. The van der Waals surface area contributed by atoms with Crippen molar-refractivity contribution in [1.29, 1.82) is 0 Å². The Kier molecular flexibility index (Phi) is 8.65. The zero-order valence-corrected chi connectivity index (χ0v) is 19.8. The Bertz CT molecular complexity index is 947. The van der Waals surface area contributed by atoms with Crippen LogP contribution in [-0.2, 0) is 16.1 Å². The van der Waals surface area contributed by atoms with E-state index in [0.29, 0.717) is 21.5 Å². The quantitative estimate of drug-likeness (QED) is 0.558. The minimum atomic E-state index is -0.668. The van der Waals surface area contributed by atoms with Crippen LogP contribution in [0.5, 0.6) is 11.5 Å². The molecule has 6 nitrogen and oxygen atoms in total. The van der Waals surface area contributed by atoms with E-state index < -0.39 is 6.04 Å². The van der Waals surface area contributed by atoms with Crippen molar-refractivity contribution in [2.24, 2.45) is 0 Å². The van der Waals surface area contributed by atoms with E-state index in [1.807, 2.05) is 24.3 Å². The second-order valence-electron chi connectivity index (χ2n) is 7.90. The fourth-order valence-electron chi connectivity index (χ4n) is 3.76. The molecule has 0 aliphatic heterocycles. The molecule has 1 fully saturated rings. The maximum atomic E-state index is 13.2. The first-order chi connectivity index (χ1) is 15.4. The van der Waals surface area contributed by atoms with Crippen molar-refractivity contribution in [3.63, 3.8) is 0 Å². The highest BCUT2D eigenvalue weighted by molar-refractivity contribution is 6.35. The Balaban J connectivity index is 1.74. The molecule has 1 aliphatic carbocycles. The van der Waals surface area contributed by atoms with Crippen molar-refractivity contribution in [3.05, 3.63) is 58.1 Å². The molecule has 2 aromatic carbocycles. The first-order valence-corrected chi connectivity index (χ1v) is 11.4. The molecule has 0 saturated heterocycles. The van der Waals surface area contributed by atoms with Crippen LogP contribution in [0.3, 0.4) is 0 Å². The third-order valence-corrected chi connectivity index (χ3v) is 6.13. The molecular weight excluding hydrogens is 451 g/mol. The van der Waals surface area contributed by atoms with E-state index in [1.165, 1.54) is 4.90 Å². The van der Waals surface area contributed by atoms with Crippen LogP contribution in [0, 0.1) is 0 Å². The van der Waals surface area contributed by atoms with E-state index in [-0.39, 0.29) is 31.0 Å². The van der Waals surface area contributed by atoms with Gasteiger partial charge in [-0.05, 0) is 55.7 Å². The monoisotopic (exact) mass is 478 g/mol. The van der Waals surface area contributed by atoms with Crippen molar-refractivity contribution < 1.29 is 19.1 Å². The summed E-state index contributed by atoms with van der Waals surface area (Å²) in [6, 6.07) is 11.7. The fraction of sp³-hybridized carbons (Fsp3) is 0.417. The lowest BCUT2D eigenvalue weighted by Crippen LogP contribution is -2.50. The maximum Gasteiger partial charge on any atom is 0.261 e. The summed E-state index contributed by atoms with van der Waals surface area (Å²) >= 11 is 12.1. The van der Waals surface area contributed by atoms with E-state index in [0.717, 1.165) is 31.2 Å². The first-order valence-electron chi connectivity index (χ1n) is 10.7. The maximum absolute atomic E-state index is 13.2. The van der Waals surface area contributed by atoms with Crippen molar-refractivity contribution in [2.75, 3.05) is 13.7 Å². The third-order valence-electron chi connectivity index (χ3n) is 5.60. The highest BCUT2D eigenvalue weighted by Gasteiger charge is 2.29. The lowest BCUT2D eigenvalue weighted by atomic mass is 10.1. The summed E-state index contributed by atoms with van der Waals surface area (Å²) in [7, 11) is 1.59. The van der Waals surface area contributed by atoms with Crippen LogP contribution < -0.4 is 14.8 Å². The smallest absolute Gasteiger partial charge is 0.261 e. The van der Waals surface area contributed by atoms with E-state index in [1.54, 1.807) is 32.2 Å². The lowest BCUT2D eigenvalue weighted by Gasteiger charge is -2.29. The van der Waals surface area contributed by atoms with Crippen molar-refractivity contribution in [3.8, 4) is 11.5 Å². The van der Waals surface area contributed by atoms with Gasteiger partial charge in [0.15, 0.2) is 6.61 Å². The Morgan fingerprint density at radius 3 is 2.59 bits per heavy atom. The first kappa shape index (κ1) is 24.2. The van der Waals surface area contributed by atoms with Crippen LogP contribution in [-0.4, -0.2) is 42.5 Å². The molecule has 172 valence electrons. The van der Waals surface area contributed by atoms with Gasteiger partial charge in [-0.3, -0.25) is 9.59 Å². The number of nitrogens with one attached hydrogen (secondary N) is 1. The molecule has 0 bridgehead atoms. The Labute approximate surface area is 198 Å². The second kappa shape index (κ2) is 11.4. The van der Waals surface area contributed by atoms with Gasteiger partial charge >= 0.3 is 0 Å². The van der Waals surface area contributed by atoms with E-state index in [9.17, 15) is 9.59 Å². The standard InChI is InChI=1S/C24H28Cl2N2O4/c1-16(24(30)27-19-7-3-4-8-19)28(14-17-6-5-9-20(12-17)31-2)23(29)15-32-22-11-10-18(25)13-21(22)26/h5-6,9-13,16,19H,3-4,7-8,14-15H2,1-2H3,(H,27,30)/t16-/m1/s1. The minimum Gasteiger partial charge on any atom is -0.497 e. The summed E-state index contributed by atoms with van der Waals surface area (Å²) in [5, 5.41) is 3.87. The van der Waals surface area contributed by atoms with Gasteiger partial charge in [0, 0.05) is 17.6 Å². The summed E-state index contributed by atoms with van der Waals surface area (Å²) in [5.41, 5.74) is 0.850. The molecule has 32 heavy (non-hydrogen) atoms. The van der Waals surface area contributed by atoms with Crippen molar-refractivity contribution >= 4 is 35.0 Å². The molecule has 1 aliphatic rings. The predicted molar refractivity (Wildman–Crippen MR) is 125 cm³/mol. The number of rotatable bonds is 9. The zero-order valence-electron chi connectivity index (χ0n) is 18.3. The second-order valence-corrected chi connectivity index (χ2v) is 8.75. The molecule has 2 amide bonds.